The van der Waals surface area contributed by atoms with Crippen molar-refractivity contribution in [2.45, 2.75) is 25.9 Å². The van der Waals surface area contributed by atoms with Gasteiger partial charge in [-0.05, 0) is 54.8 Å². The minimum Gasteiger partial charge on any atom is -0.497 e. The van der Waals surface area contributed by atoms with Crippen LogP contribution in [0.3, 0.4) is 0 Å². The molecule has 3 aromatic rings. The Bertz CT molecular complexity index is 962. The second-order valence-corrected chi connectivity index (χ2v) is 7.27. The maximum Gasteiger partial charge on any atom is 0.223 e. The van der Waals surface area contributed by atoms with Gasteiger partial charge in [-0.1, -0.05) is 18.2 Å². The summed E-state index contributed by atoms with van der Waals surface area (Å²) in [4.78, 5) is 18.2. The predicted octanol–water partition coefficient (Wildman–Crippen LogP) is 4.02. The van der Waals surface area contributed by atoms with E-state index in [4.69, 9.17) is 9.47 Å². The van der Waals surface area contributed by atoms with Gasteiger partial charge in [-0.15, -0.1) is 0 Å². The van der Waals surface area contributed by atoms with Crippen LogP contribution in [0.2, 0.25) is 0 Å². The molecule has 1 aliphatic rings. The Labute approximate surface area is 165 Å². The first-order chi connectivity index (χ1) is 13.7. The number of ether oxygens (including phenoxy) is 2. The summed E-state index contributed by atoms with van der Waals surface area (Å²) in [6.07, 6.45) is 1.31. The maximum atomic E-state index is 12.7. The van der Waals surface area contributed by atoms with Crippen LogP contribution in [0.1, 0.15) is 18.9 Å². The molecule has 0 bridgehead atoms. The molecule has 5 nitrogen and oxygen atoms in total. The number of hydrogen-bond acceptors (Lipinski definition) is 3. The number of morpholine rings is 1. The number of aromatic nitrogens is 1. The third-order valence-electron chi connectivity index (χ3n) is 5.37. The van der Waals surface area contributed by atoms with Gasteiger partial charge in [0.15, 0.2) is 0 Å². The van der Waals surface area contributed by atoms with E-state index in [2.05, 4.69) is 29.2 Å². The number of para-hydroxylation sites is 1. The van der Waals surface area contributed by atoms with Gasteiger partial charge in [0.25, 0.3) is 0 Å². The highest BCUT2D eigenvalue weighted by Crippen LogP contribution is 2.32. The molecule has 0 saturated carbocycles. The van der Waals surface area contributed by atoms with E-state index in [-0.39, 0.29) is 12.0 Å². The highest BCUT2D eigenvalue weighted by Gasteiger charge is 2.22. The lowest BCUT2D eigenvalue weighted by Gasteiger charge is -2.31. The Kier molecular flexibility index (Phi) is 5.35. The van der Waals surface area contributed by atoms with Crippen molar-refractivity contribution in [1.29, 1.82) is 0 Å². The van der Waals surface area contributed by atoms with E-state index in [9.17, 15) is 4.79 Å². The summed E-state index contributed by atoms with van der Waals surface area (Å²) in [5, 5.41) is 1.18. The molecule has 28 heavy (non-hydrogen) atoms. The summed E-state index contributed by atoms with van der Waals surface area (Å²) >= 11 is 0. The van der Waals surface area contributed by atoms with E-state index < -0.39 is 0 Å². The molecule has 1 N–H and O–H groups in total. The lowest BCUT2D eigenvalue weighted by atomic mass is 10.0. The molecule has 1 aromatic heterocycles. The Hall–Kier alpha value is -2.79. The van der Waals surface area contributed by atoms with Gasteiger partial charge in [0.05, 0.1) is 19.8 Å². The Balaban J connectivity index is 1.60. The first-order valence-electron chi connectivity index (χ1n) is 9.79. The fourth-order valence-corrected chi connectivity index (χ4v) is 3.90. The molecule has 1 amide bonds. The number of nitrogens with one attached hydrogen (secondary N) is 1. The molecule has 1 aliphatic heterocycles. The van der Waals surface area contributed by atoms with E-state index in [1.165, 1.54) is 10.9 Å². The molecule has 146 valence electrons. The van der Waals surface area contributed by atoms with Gasteiger partial charge in [-0.3, -0.25) is 4.79 Å². The summed E-state index contributed by atoms with van der Waals surface area (Å²) in [5.74, 6) is 1.03. The molecule has 2 aromatic carbocycles. The van der Waals surface area contributed by atoms with Crippen molar-refractivity contribution in [2.75, 3.05) is 26.8 Å². The van der Waals surface area contributed by atoms with Crippen LogP contribution < -0.4 is 4.74 Å². The monoisotopic (exact) mass is 378 g/mol. The number of aromatic amines is 1. The van der Waals surface area contributed by atoms with Gasteiger partial charge < -0.3 is 19.4 Å². The van der Waals surface area contributed by atoms with Crippen LogP contribution in [0.5, 0.6) is 5.75 Å². The first-order valence-corrected chi connectivity index (χ1v) is 9.79. The van der Waals surface area contributed by atoms with Gasteiger partial charge >= 0.3 is 0 Å². The maximum absolute atomic E-state index is 12.7. The lowest BCUT2D eigenvalue weighted by Crippen LogP contribution is -2.44. The van der Waals surface area contributed by atoms with Crippen LogP contribution in [-0.2, 0) is 16.0 Å². The van der Waals surface area contributed by atoms with Crippen molar-refractivity contribution in [3.05, 3.63) is 54.1 Å². The molecule has 4 rings (SSSR count). The first kappa shape index (κ1) is 18.6. The molecule has 5 heteroatoms. The molecule has 0 aliphatic carbocycles. The van der Waals surface area contributed by atoms with E-state index in [1.807, 2.05) is 36.1 Å². The Morgan fingerprint density at radius 1 is 1.21 bits per heavy atom. The summed E-state index contributed by atoms with van der Waals surface area (Å²) in [6.45, 7) is 4.00. The van der Waals surface area contributed by atoms with Crippen molar-refractivity contribution >= 4 is 16.8 Å². The fraction of sp³-hybridized carbons (Fsp3) is 0.348. The highest BCUT2D eigenvalue weighted by molar-refractivity contribution is 5.91. The molecule has 2 heterocycles. The number of methoxy groups -OCH3 is 1. The van der Waals surface area contributed by atoms with Crippen molar-refractivity contribution in [2.24, 2.45) is 0 Å². The minimum atomic E-state index is 0.112. The molecular formula is C23H26N2O3. The smallest absolute Gasteiger partial charge is 0.223 e. The van der Waals surface area contributed by atoms with Crippen molar-refractivity contribution in [1.82, 2.24) is 9.88 Å². The topological polar surface area (TPSA) is 54.6 Å². The zero-order valence-electron chi connectivity index (χ0n) is 16.4. The van der Waals surface area contributed by atoms with Crippen LogP contribution in [0.4, 0.5) is 0 Å². The number of H-pyrrole nitrogens is 1. The SMILES string of the molecule is COc1ccc(-c2[nH]c3ccccc3c2CCC(=O)N2CCO[C@@H](C)C2)cc1. The van der Waals surface area contributed by atoms with Gasteiger partial charge in [0, 0.05) is 36.1 Å². The molecule has 1 saturated heterocycles. The average Bonchev–Trinajstić information content (AvgIpc) is 3.10. The number of nitrogens with zero attached hydrogens (tertiary/aromatic N) is 1. The lowest BCUT2D eigenvalue weighted by molar-refractivity contribution is -0.138. The number of carbonyl (C=O) groups excluding carboxylic acids is 1. The number of hydrogen-bond donors (Lipinski definition) is 1. The molecule has 0 radical (unpaired) electrons. The zero-order valence-corrected chi connectivity index (χ0v) is 16.4. The molecule has 1 atom stereocenters. The van der Waals surface area contributed by atoms with Gasteiger partial charge in [-0.2, -0.15) is 0 Å². The summed E-state index contributed by atoms with van der Waals surface area (Å²) in [5.41, 5.74) is 4.46. The zero-order chi connectivity index (χ0) is 19.5. The largest absolute Gasteiger partial charge is 0.497 e. The number of carbonyl (C=O) groups is 1. The van der Waals surface area contributed by atoms with Gasteiger partial charge in [-0.25, -0.2) is 0 Å². The summed E-state index contributed by atoms with van der Waals surface area (Å²) < 4.78 is 10.8. The Morgan fingerprint density at radius 2 is 2.00 bits per heavy atom. The highest BCUT2D eigenvalue weighted by atomic mass is 16.5. The summed E-state index contributed by atoms with van der Waals surface area (Å²) in [7, 11) is 1.67. The van der Waals surface area contributed by atoms with E-state index >= 15 is 0 Å². The standard InChI is InChI=1S/C23H26N2O3/c1-16-15-25(13-14-28-16)22(26)12-11-20-19-5-3-4-6-21(19)24-23(20)17-7-9-18(27-2)10-8-17/h3-10,16,24H,11-15H2,1-2H3/t16-/m0/s1. The van der Waals surface area contributed by atoms with E-state index in [0.717, 1.165) is 22.5 Å². The van der Waals surface area contributed by atoms with E-state index in [0.29, 0.717) is 32.5 Å². The van der Waals surface area contributed by atoms with Gasteiger partial charge in [0.2, 0.25) is 5.91 Å². The van der Waals surface area contributed by atoms with Gasteiger partial charge in [0.1, 0.15) is 5.75 Å². The third-order valence-corrected chi connectivity index (χ3v) is 5.37. The number of amides is 1. The molecular weight excluding hydrogens is 352 g/mol. The van der Waals surface area contributed by atoms with Crippen LogP contribution in [0, 0.1) is 0 Å². The van der Waals surface area contributed by atoms with Crippen molar-refractivity contribution < 1.29 is 14.3 Å². The second kappa shape index (κ2) is 8.07. The second-order valence-electron chi connectivity index (χ2n) is 7.27. The average molecular weight is 378 g/mol. The normalized spacial score (nSPS) is 17.1. The number of fused-ring (bicyclic) bond motifs is 1. The predicted molar refractivity (Wildman–Crippen MR) is 111 cm³/mol. The quantitative estimate of drug-likeness (QED) is 0.729. The van der Waals surface area contributed by atoms with Crippen LogP contribution in [0.25, 0.3) is 22.2 Å². The molecule has 0 unspecified atom stereocenters. The third kappa shape index (κ3) is 3.76. The van der Waals surface area contributed by atoms with E-state index in [1.54, 1.807) is 7.11 Å². The fourth-order valence-electron chi connectivity index (χ4n) is 3.90. The number of aryl methyl sites for hydroxylation is 1. The molecule has 0 spiro atoms. The van der Waals surface area contributed by atoms with Crippen molar-refractivity contribution in [3.63, 3.8) is 0 Å². The minimum absolute atomic E-state index is 0.112. The summed E-state index contributed by atoms with van der Waals surface area (Å²) in [6, 6.07) is 16.3. The van der Waals surface area contributed by atoms with Crippen LogP contribution in [0.15, 0.2) is 48.5 Å². The number of benzene rings is 2. The number of rotatable bonds is 5. The van der Waals surface area contributed by atoms with Crippen LogP contribution in [-0.4, -0.2) is 48.7 Å². The molecule has 1 fully saturated rings. The van der Waals surface area contributed by atoms with Crippen LogP contribution >= 0.6 is 0 Å². The van der Waals surface area contributed by atoms with Crippen molar-refractivity contribution in [3.8, 4) is 17.0 Å². The Morgan fingerprint density at radius 3 is 2.75 bits per heavy atom.